The molecule has 0 saturated heterocycles. The van der Waals surface area contributed by atoms with Gasteiger partial charge in [0.15, 0.2) is 17.3 Å². The van der Waals surface area contributed by atoms with Crippen molar-refractivity contribution in [1.29, 1.82) is 0 Å². The summed E-state index contributed by atoms with van der Waals surface area (Å²) in [6.07, 6.45) is 0.947. The summed E-state index contributed by atoms with van der Waals surface area (Å²) in [5, 5.41) is 7.03. The number of para-hydroxylation sites is 2. The van der Waals surface area contributed by atoms with Crippen LogP contribution in [-0.4, -0.2) is 27.1 Å². The van der Waals surface area contributed by atoms with Crippen molar-refractivity contribution in [1.82, 2.24) is 0 Å². The van der Waals surface area contributed by atoms with Gasteiger partial charge in [-0.15, -0.1) is 0 Å². The van der Waals surface area contributed by atoms with Crippen LogP contribution in [0.1, 0.15) is 35.9 Å². The number of carbonyl (C=O) groups is 1. The Morgan fingerprint density at radius 2 is 1.49 bits per heavy atom. The minimum Gasteiger partial charge on any atom is -0.493 e. The van der Waals surface area contributed by atoms with Crippen LogP contribution in [0.25, 0.3) is 0 Å². The molecule has 180 valence electrons. The quantitative estimate of drug-likeness (QED) is 0.485. The third-order valence-electron chi connectivity index (χ3n) is 6.67. The minimum atomic E-state index is -0.393. The summed E-state index contributed by atoms with van der Waals surface area (Å²) in [4.78, 5) is 13.7. The Morgan fingerprint density at radius 3 is 2.11 bits per heavy atom. The molecule has 0 aromatic heterocycles. The number of rotatable bonds is 5. The number of ether oxygens (including phenoxy) is 3. The van der Waals surface area contributed by atoms with E-state index < -0.39 is 6.04 Å². The standard InChI is InChI=1S/C28H27FN2O4/c1-33-24-14-18(15-25(34-2)28(24)35-3)17-12-22-26(23(32)13-17)27(16-8-10-19(29)11-9-16)31-21-7-5-4-6-20(21)30-22/h4-11,14-15,17,27,30-31H,12-13H2,1-3H3/t17-,27-/m1/s1. The van der Waals surface area contributed by atoms with E-state index in [2.05, 4.69) is 10.6 Å². The van der Waals surface area contributed by atoms with Crippen LogP contribution in [0, 0.1) is 5.82 Å². The highest BCUT2D eigenvalue weighted by atomic mass is 19.1. The maximum atomic E-state index is 13.7. The number of methoxy groups -OCH3 is 3. The Hall–Kier alpha value is -4.00. The predicted molar refractivity (Wildman–Crippen MR) is 133 cm³/mol. The summed E-state index contributed by atoms with van der Waals surface area (Å²) in [7, 11) is 4.73. The molecule has 0 bridgehead atoms. The highest BCUT2D eigenvalue weighted by Crippen LogP contribution is 2.47. The summed E-state index contributed by atoms with van der Waals surface area (Å²) >= 11 is 0. The number of allylic oxidation sites excluding steroid dienone is 1. The second-order valence-electron chi connectivity index (χ2n) is 8.68. The van der Waals surface area contributed by atoms with Gasteiger partial charge >= 0.3 is 0 Å². The predicted octanol–water partition coefficient (Wildman–Crippen LogP) is 5.83. The van der Waals surface area contributed by atoms with Crippen molar-refractivity contribution in [3.05, 3.63) is 88.9 Å². The number of benzene rings is 3. The molecule has 1 aliphatic carbocycles. The van der Waals surface area contributed by atoms with Crippen molar-refractivity contribution >= 4 is 17.2 Å². The Kier molecular flexibility index (Phi) is 6.07. The van der Waals surface area contributed by atoms with Gasteiger partial charge in [-0.2, -0.15) is 0 Å². The maximum absolute atomic E-state index is 13.7. The van der Waals surface area contributed by atoms with Gasteiger partial charge in [-0.3, -0.25) is 4.79 Å². The topological polar surface area (TPSA) is 68.8 Å². The van der Waals surface area contributed by atoms with E-state index in [9.17, 15) is 9.18 Å². The zero-order chi connectivity index (χ0) is 24.5. The molecule has 0 spiro atoms. The number of nitrogens with one attached hydrogen (secondary N) is 2. The normalized spacial score (nSPS) is 19.0. The van der Waals surface area contributed by atoms with E-state index in [4.69, 9.17) is 14.2 Å². The fraction of sp³-hybridized carbons (Fsp3) is 0.250. The first kappa shape index (κ1) is 22.8. The second-order valence-corrected chi connectivity index (χ2v) is 8.68. The number of hydrogen-bond acceptors (Lipinski definition) is 6. The van der Waals surface area contributed by atoms with Crippen LogP contribution < -0.4 is 24.8 Å². The molecule has 2 atom stereocenters. The lowest BCUT2D eigenvalue weighted by Gasteiger charge is -2.30. The molecule has 0 fully saturated rings. The van der Waals surface area contributed by atoms with Gasteiger partial charge in [0.05, 0.1) is 38.7 Å². The zero-order valence-electron chi connectivity index (χ0n) is 19.9. The number of ketones is 1. The molecule has 0 unspecified atom stereocenters. The van der Waals surface area contributed by atoms with Crippen LogP contribution in [0.15, 0.2) is 71.9 Å². The van der Waals surface area contributed by atoms with Crippen molar-refractivity contribution in [2.45, 2.75) is 24.8 Å². The minimum absolute atomic E-state index is 0.0344. The van der Waals surface area contributed by atoms with Crippen LogP contribution >= 0.6 is 0 Å². The van der Waals surface area contributed by atoms with Crippen molar-refractivity contribution in [3.8, 4) is 17.2 Å². The van der Waals surface area contributed by atoms with Gasteiger partial charge < -0.3 is 24.8 Å². The number of halogens is 1. The van der Waals surface area contributed by atoms with E-state index in [0.717, 1.165) is 28.2 Å². The van der Waals surface area contributed by atoms with E-state index in [-0.39, 0.29) is 17.5 Å². The van der Waals surface area contributed by atoms with E-state index >= 15 is 0 Å². The van der Waals surface area contributed by atoms with Crippen LogP contribution in [0.3, 0.4) is 0 Å². The van der Waals surface area contributed by atoms with E-state index in [1.165, 1.54) is 12.1 Å². The number of fused-ring (bicyclic) bond motifs is 1. The first-order chi connectivity index (χ1) is 17.0. The van der Waals surface area contributed by atoms with Gasteiger partial charge in [-0.05, 0) is 59.9 Å². The maximum Gasteiger partial charge on any atom is 0.203 e. The summed E-state index contributed by atoms with van der Waals surface area (Å²) in [5.74, 6) is 1.27. The summed E-state index contributed by atoms with van der Waals surface area (Å²) in [6, 6.07) is 17.6. The Balaban J connectivity index is 1.59. The number of carbonyl (C=O) groups excluding carboxylic acids is 1. The Bertz CT molecular complexity index is 1280. The molecule has 3 aromatic carbocycles. The summed E-state index contributed by atoms with van der Waals surface area (Å²) < 4.78 is 30.2. The molecule has 2 N–H and O–H groups in total. The van der Waals surface area contributed by atoms with Gasteiger partial charge in [0.1, 0.15) is 5.82 Å². The van der Waals surface area contributed by atoms with Gasteiger partial charge in [0, 0.05) is 17.7 Å². The molecule has 35 heavy (non-hydrogen) atoms. The molecular formula is C28H27FN2O4. The summed E-state index contributed by atoms with van der Waals surface area (Å²) in [6.45, 7) is 0. The van der Waals surface area contributed by atoms with Crippen LogP contribution in [0.5, 0.6) is 17.2 Å². The molecule has 1 aliphatic heterocycles. The van der Waals surface area contributed by atoms with Crippen molar-refractivity contribution in [2.24, 2.45) is 0 Å². The first-order valence-corrected chi connectivity index (χ1v) is 11.5. The molecule has 3 aromatic rings. The smallest absolute Gasteiger partial charge is 0.203 e. The molecule has 5 rings (SSSR count). The molecule has 6 nitrogen and oxygen atoms in total. The largest absolute Gasteiger partial charge is 0.493 e. The SMILES string of the molecule is COc1cc([C@H]2CC(=O)C3=C(C2)Nc2ccccc2N[C@@H]3c2ccc(F)cc2)cc(OC)c1OC. The first-order valence-electron chi connectivity index (χ1n) is 11.5. The fourth-order valence-electron chi connectivity index (χ4n) is 4.97. The van der Waals surface area contributed by atoms with Crippen LogP contribution in [-0.2, 0) is 4.79 Å². The average molecular weight is 475 g/mol. The average Bonchev–Trinajstić information content (AvgIpc) is 3.05. The number of hydrogen-bond donors (Lipinski definition) is 2. The molecule has 2 aliphatic rings. The highest BCUT2D eigenvalue weighted by molar-refractivity contribution is 6.01. The molecular weight excluding hydrogens is 447 g/mol. The van der Waals surface area contributed by atoms with Gasteiger partial charge in [0.25, 0.3) is 0 Å². The van der Waals surface area contributed by atoms with Gasteiger partial charge in [0.2, 0.25) is 5.75 Å². The lowest BCUT2D eigenvalue weighted by atomic mass is 9.78. The summed E-state index contributed by atoms with van der Waals surface area (Å²) in [5.41, 5.74) is 5.07. The van der Waals surface area contributed by atoms with E-state index in [1.807, 2.05) is 36.4 Å². The van der Waals surface area contributed by atoms with Crippen LogP contribution in [0.2, 0.25) is 0 Å². The molecule has 0 saturated carbocycles. The lowest BCUT2D eigenvalue weighted by molar-refractivity contribution is -0.116. The number of anilines is 2. The number of Topliss-reactive ketones (excluding diaryl/α,β-unsaturated/α-hetero) is 1. The lowest BCUT2D eigenvalue weighted by Crippen LogP contribution is -2.27. The van der Waals surface area contributed by atoms with Crippen molar-refractivity contribution in [2.75, 3.05) is 32.0 Å². The second kappa shape index (κ2) is 9.33. The molecule has 0 amide bonds. The zero-order valence-corrected chi connectivity index (χ0v) is 19.9. The van der Waals surface area contributed by atoms with E-state index in [1.54, 1.807) is 33.5 Å². The molecule has 7 heteroatoms. The van der Waals surface area contributed by atoms with E-state index in [0.29, 0.717) is 35.7 Å². The molecule has 1 heterocycles. The highest BCUT2D eigenvalue weighted by Gasteiger charge is 2.36. The van der Waals surface area contributed by atoms with Gasteiger partial charge in [-0.1, -0.05) is 24.3 Å². The van der Waals surface area contributed by atoms with Crippen molar-refractivity contribution in [3.63, 3.8) is 0 Å². The molecule has 0 radical (unpaired) electrons. The third kappa shape index (κ3) is 4.18. The van der Waals surface area contributed by atoms with Gasteiger partial charge in [-0.25, -0.2) is 4.39 Å². The fourth-order valence-corrected chi connectivity index (χ4v) is 4.97. The van der Waals surface area contributed by atoms with Crippen LogP contribution in [0.4, 0.5) is 15.8 Å². The Labute approximate surface area is 203 Å². The third-order valence-corrected chi connectivity index (χ3v) is 6.67. The van der Waals surface area contributed by atoms with Crippen molar-refractivity contribution < 1.29 is 23.4 Å². The monoisotopic (exact) mass is 474 g/mol. The Morgan fingerprint density at radius 1 is 0.829 bits per heavy atom.